The van der Waals surface area contributed by atoms with Crippen molar-refractivity contribution < 1.29 is 36.3 Å². The molecular formula is C24H24F5N3O3. The molecule has 0 bridgehead atoms. The van der Waals surface area contributed by atoms with Gasteiger partial charge >= 0.3 is 12.1 Å². The van der Waals surface area contributed by atoms with Crippen LogP contribution in [-0.4, -0.2) is 43.4 Å². The number of hydrogen-bond donors (Lipinski definition) is 2. The molecule has 0 spiro atoms. The van der Waals surface area contributed by atoms with Gasteiger partial charge in [0.1, 0.15) is 11.5 Å². The molecule has 0 saturated carbocycles. The van der Waals surface area contributed by atoms with E-state index >= 15 is 0 Å². The van der Waals surface area contributed by atoms with Gasteiger partial charge in [-0.05, 0) is 31.0 Å². The summed E-state index contributed by atoms with van der Waals surface area (Å²) in [5, 5.41) is 4.52. The highest BCUT2D eigenvalue weighted by atomic mass is 19.4. The van der Waals surface area contributed by atoms with E-state index in [0.29, 0.717) is 16.8 Å². The summed E-state index contributed by atoms with van der Waals surface area (Å²) in [6.07, 6.45) is -7.42. The van der Waals surface area contributed by atoms with Gasteiger partial charge in [-0.15, -0.1) is 0 Å². The van der Waals surface area contributed by atoms with E-state index in [1.165, 1.54) is 18.7 Å². The van der Waals surface area contributed by atoms with E-state index in [1.807, 2.05) is 17.4 Å². The highest BCUT2D eigenvalue weighted by Gasteiger charge is 2.56. The van der Waals surface area contributed by atoms with Crippen LogP contribution in [0.25, 0.3) is 11.1 Å². The summed E-state index contributed by atoms with van der Waals surface area (Å²) in [6.45, 7) is 1.38. The third-order valence-electron chi connectivity index (χ3n) is 5.95. The van der Waals surface area contributed by atoms with Crippen LogP contribution in [0.15, 0.2) is 48.5 Å². The Hall–Kier alpha value is -3.50. The van der Waals surface area contributed by atoms with Crippen LogP contribution in [0, 0.1) is 5.41 Å². The summed E-state index contributed by atoms with van der Waals surface area (Å²) in [7, 11) is 1.55. The average molecular weight is 497 g/mol. The van der Waals surface area contributed by atoms with Crippen molar-refractivity contribution in [2.24, 2.45) is 5.41 Å². The molecule has 0 radical (unpaired) electrons. The van der Waals surface area contributed by atoms with Crippen molar-refractivity contribution in [1.29, 1.82) is 0 Å². The van der Waals surface area contributed by atoms with Gasteiger partial charge in [-0.2, -0.15) is 22.0 Å². The van der Waals surface area contributed by atoms with Crippen molar-refractivity contribution in [3.8, 4) is 11.1 Å². The fraction of sp³-hybridized carbons (Fsp3) is 0.375. The maximum absolute atomic E-state index is 13.3. The van der Waals surface area contributed by atoms with Crippen molar-refractivity contribution in [2.75, 3.05) is 18.5 Å². The topological polar surface area (TPSA) is 78.5 Å². The zero-order chi connectivity index (χ0) is 26.2. The molecule has 3 rings (SSSR count). The molecule has 0 aromatic heterocycles. The molecule has 1 heterocycles. The zero-order valence-electron chi connectivity index (χ0n) is 19.2. The van der Waals surface area contributed by atoms with Gasteiger partial charge in [0, 0.05) is 25.6 Å². The number of anilines is 1. The largest absolute Gasteiger partial charge is 0.453 e. The van der Waals surface area contributed by atoms with Crippen molar-refractivity contribution >= 4 is 23.4 Å². The number of benzene rings is 2. The molecule has 2 N–H and O–H groups in total. The Kier molecular flexibility index (Phi) is 6.92. The smallest absolute Gasteiger partial charge is 0.355 e. The molecule has 1 atom stereocenters. The molecular weight excluding hydrogens is 473 g/mol. The number of carbonyl (C=O) groups is 3. The monoisotopic (exact) mass is 497 g/mol. The number of amides is 3. The lowest BCUT2D eigenvalue weighted by Gasteiger charge is -2.28. The molecule has 0 unspecified atom stereocenters. The summed E-state index contributed by atoms with van der Waals surface area (Å²) in [5.41, 5.74) is 0.689. The zero-order valence-corrected chi connectivity index (χ0v) is 19.2. The maximum Gasteiger partial charge on any atom is 0.453 e. The molecule has 0 fully saturated rings. The van der Waals surface area contributed by atoms with E-state index in [2.05, 4.69) is 5.32 Å². The molecule has 0 saturated heterocycles. The van der Waals surface area contributed by atoms with Gasteiger partial charge in [0.2, 0.25) is 11.8 Å². The van der Waals surface area contributed by atoms with Crippen LogP contribution in [0.1, 0.15) is 31.9 Å². The van der Waals surface area contributed by atoms with Crippen molar-refractivity contribution in [1.82, 2.24) is 10.6 Å². The number of alkyl halides is 5. The second kappa shape index (κ2) is 9.27. The predicted octanol–water partition coefficient (Wildman–Crippen LogP) is 4.22. The first kappa shape index (κ1) is 26.1. The molecule has 35 heavy (non-hydrogen) atoms. The Morgan fingerprint density at radius 3 is 2.11 bits per heavy atom. The van der Waals surface area contributed by atoms with Gasteiger partial charge in [0.05, 0.1) is 5.69 Å². The third kappa shape index (κ3) is 4.98. The molecule has 1 aliphatic rings. The average Bonchev–Trinajstić information content (AvgIpc) is 2.88. The van der Waals surface area contributed by atoms with Crippen LogP contribution in [0.3, 0.4) is 0 Å². The molecule has 11 heteroatoms. The third-order valence-corrected chi connectivity index (χ3v) is 5.95. The lowest BCUT2D eigenvalue weighted by molar-refractivity contribution is -0.283. The summed E-state index contributed by atoms with van der Waals surface area (Å²) in [6, 6.07) is 12.9. The van der Waals surface area contributed by atoms with E-state index in [0.717, 1.165) is 5.56 Å². The van der Waals surface area contributed by atoms with Crippen LogP contribution >= 0.6 is 0 Å². The number of hydrogen-bond acceptors (Lipinski definition) is 3. The Bertz CT molecular complexity index is 1150. The minimum Gasteiger partial charge on any atom is -0.355 e. The quantitative estimate of drug-likeness (QED) is 0.464. The van der Waals surface area contributed by atoms with Crippen LogP contribution in [0.5, 0.6) is 0 Å². The van der Waals surface area contributed by atoms with Crippen molar-refractivity contribution in [2.45, 2.75) is 38.4 Å². The SMILES string of the molecule is CN1C(=O)[C@@H](NC(=O)C(C)(C)C(=O)NCCC(F)(F)C(F)(F)F)c2ccccc2-c2ccccc21. The van der Waals surface area contributed by atoms with Gasteiger partial charge in [-0.25, -0.2) is 0 Å². The Balaban J connectivity index is 1.81. The van der Waals surface area contributed by atoms with Gasteiger partial charge in [0.15, 0.2) is 0 Å². The van der Waals surface area contributed by atoms with Crippen LogP contribution in [-0.2, 0) is 14.4 Å². The number of fused-ring (bicyclic) bond motifs is 3. The van der Waals surface area contributed by atoms with E-state index < -0.39 is 54.2 Å². The Morgan fingerprint density at radius 2 is 1.49 bits per heavy atom. The molecule has 1 aliphatic heterocycles. The number of nitrogens with one attached hydrogen (secondary N) is 2. The van der Waals surface area contributed by atoms with Gasteiger partial charge in [0.25, 0.3) is 5.91 Å². The van der Waals surface area contributed by atoms with Crippen LogP contribution in [0.2, 0.25) is 0 Å². The van der Waals surface area contributed by atoms with Crippen LogP contribution < -0.4 is 15.5 Å². The lowest BCUT2D eigenvalue weighted by Crippen LogP contribution is -2.51. The standard InChI is InChI=1S/C24H24F5N3O3/c1-22(2,20(34)30-13-12-23(25,26)24(27,28)29)21(35)31-18-16-10-5-4-8-14(16)15-9-6-7-11-17(15)32(3)19(18)33/h4-11,18H,12-13H2,1-3H3,(H,30,34)(H,31,35)/t18-/m0/s1. The number of likely N-dealkylation sites (N-methyl/N-ethyl adjacent to an activating group) is 1. The van der Waals surface area contributed by atoms with Gasteiger partial charge in [-0.3, -0.25) is 14.4 Å². The first-order valence-corrected chi connectivity index (χ1v) is 10.7. The minimum atomic E-state index is -5.75. The highest BCUT2D eigenvalue weighted by Crippen LogP contribution is 2.40. The number of halogens is 5. The van der Waals surface area contributed by atoms with Gasteiger partial charge < -0.3 is 15.5 Å². The van der Waals surface area contributed by atoms with E-state index in [4.69, 9.17) is 0 Å². The van der Waals surface area contributed by atoms with E-state index in [-0.39, 0.29) is 0 Å². The molecule has 188 valence electrons. The maximum atomic E-state index is 13.3. The lowest BCUT2D eigenvalue weighted by atomic mass is 9.89. The number of carbonyl (C=O) groups excluding carboxylic acids is 3. The highest BCUT2D eigenvalue weighted by molar-refractivity contribution is 6.09. The fourth-order valence-electron chi connectivity index (χ4n) is 3.68. The predicted molar refractivity (Wildman–Crippen MR) is 119 cm³/mol. The Morgan fingerprint density at radius 1 is 0.914 bits per heavy atom. The summed E-state index contributed by atoms with van der Waals surface area (Å²) in [5.74, 6) is -7.41. The molecule has 0 aliphatic carbocycles. The first-order chi connectivity index (χ1) is 16.2. The fourth-order valence-corrected chi connectivity index (χ4v) is 3.68. The van der Waals surface area contributed by atoms with E-state index in [9.17, 15) is 36.3 Å². The van der Waals surface area contributed by atoms with E-state index in [1.54, 1.807) is 43.4 Å². The summed E-state index contributed by atoms with van der Waals surface area (Å²) >= 11 is 0. The second-order valence-electron chi connectivity index (χ2n) is 8.74. The second-order valence-corrected chi connectivity index (χ2v) is 8.74. The summed E-state index contributed by atoms with van der Waals surface area (Å²) in [4.78, 5) is 40.3. The Labute approximate surface area is 198 Å². The van der Waals surface area contributed by atoms with Crippen molar-refractivity contribution in [3.63, 3.8) is 0 Å². The van der Waals surface area contributed by atoms with Gasteiger partial charge in [-0.1, -0.05) is 42.5 Å². The first-order valence-electron chi connectivity index (χ1n) is 10.7. The molecule has 6 nitrogen and oxygen atoms in total. The summed E-state index contributed by atoms with van der Waals surface area (Å²) < 4.78 is 63.3. The van der Waals surface area contributed by atoms with Crippen LogP contribution in [0.4, 0.5) is 27.6 Å². The number of para-hydroxylation sites is 1. The molecule has 2 aromatic carbocycles. The molecule has 2 aromatic rings. The minimum absolute atomic E-state index is 0.475. The molecule has 3 amide bonds. The number of nitrogens with zero attached hydrogens (tertiary/aromatic N) is 1. The van der Waals surface area contributed by atoms with Crippen molar-refractivity contribution in [3.05, 3.63) is 54.1 Å². The number of rotatable bonds is 6. The normalized spacial score (nSPS) is 16.2.